The predicted octanol–water partition coefficient (Wildman–Crippen LogP) is 0.396. The van der Waals surface area contributed by atoms with Crippen molar-refractivity contribution in [3.05, 3.63) is 0 Å². The molecule has 2 fully saturated rings. The largest absolute Gasteiger partial charge is 0.381 e. The third-order valence-corrected chi connectivity index (χ3v) is 3.85. The molecule has 3 atom stereocenters. The van der Waals surface area contributed by atoms with Crippen LogP contribution in [0.2, 0.25) is 0 Å². The van der Waals surface area contributed by atoms with E-state index in [9.17, 15) is 9.59 Å². The summed E-state index contributed by atoms with van der Waals surface area (Å²) >= 11 is 0. The van der Waals surface area contributed by atoms with E-state index in [0.29, 0.717) is 18.9 Å². The molecule has 2 heterocycles. The Labute approximate surface area is 108 Å². The third-order valence-electron chi connectivity index (χ3n) is 3.85. The molecule has 0 aromatic carbocycles. The normalized spacial score (nSPS) is 30.2. The van der Waals surface area contributed by atoms with Gasteiger partial charge < -0.3 is 10.1 Å². The Morgan fingerprint density at radius 3 is 2.78 bits per heavy atom. The fourth-order valence-corrected chi connectivity index (χ4v) is 2.75. The monoisotopic (exact) mass is 254 g/mol. The van der Waals surface area contributed by atoms with E-state index >= 15 is 0 Å². The molecule has 2 aliphatic heterocycles. The van der Waals surface area contributed by atoms with Gasteiger partial charge in [-0.15, -0.1) is 0 Å². The van der Waals surface area contributed by atoms with Gasteiger partial charge in [0.1, 0.15) is 0 Å². The molecule has 2 amide bonds. The van der Waals surface area contributed by atoms with Crippen molar-refractivity contribution >= 4 is 11.8 Å². The van der Waals surface area contributed by atoms with Crippen LogP contribution >= 0.6 is 0 Å². The molecular weight excluding hydrogens is 232 g/mol. The van der Waals surface area contributed by atoms with Crippen molar-refractivity contribution in [3.8, 4) is 0 Å². The molecule has 2 aliphatic rings. The number of amides is 2. The topological polar surface area (TPSA) is 58.6 Å². The summed E-state index contributed by atoms with van der Waals surface area (Å²) in [5, 5.41) is 3.38. The van der Waals surface area contributed by atoms with Gasteiger partial charge in [-0.1, -0.05) is 13.8 Å². The minimum Gasteiger partial charge on any atom is -0.381 e. The second-order valence-electron chi connectivity index (χ2n) is 5.24. The molecule has 1 N–H and O–H groups in total. The molecule has 0 radical (unpaired) electrons. The van der Waals surface area contributed by atoms with Gasteiger partial charge in [-0.2, -0.15) is 0 Å². The minimum absolute atomic E-state index is 0.0261. The lowest BCUT2D eigenvalue weighted by molar-refractivity contribution is -0.139. The number of hydrogen-bond donors (Lipinski definition) is 1. The van der Waals surface area contributed by atoms with Crippen molar-refractivity contribution in [3.63, 3.8) is 0 Å². The van der Waals surface area contributed by atoms with Crippen LogP contribution in [-0.4, -0.2) is 49.1 Å². The summed E-state index contributed by atoms with van der Waals surface area (Å²) in [6.07, 6.45) is 1.36. The number of nitrogens with zero attached hydrogens (tertiary/aromatic N) is 1. The fourth-order valence-electron chi connectivity index (χ4n) is 2.75. The summed E-state index contributed by atoms with van der Waals surface area (Å²) in [5.74, 6) is 0.192. The summed E-state index contributed by atoms with van der Waals surface area (Å²) in [7, 11) is 0. The number of likely N-dealkylation sites (tertiary alicyclic amines) is 1. The van der Waals surface area contributed by atoms with Crippen LogP contribution in [0.1, 0.15) is 26.7 Å². The summed E-state index contributed by atoms with van der Waals surface area (Å²) in [5.41, 5.74) is 0. The number of likely N-dealkylation sites (N-methyl/N-ethyl adjacent to an activating group) is 1. The lowest BCUT2D eigenvalue weighted by Gasteiger charge is -2.27. The van der Waals surface area contributed by atoms with Crippen LogP contribution in [0.4, 0.5) is 0 Å². The highest BCUT2D eigenvalue weighted by Crippen LogP contribution is 2.23. The second kappa shape index (κ2) is 5.80. The van der Waals surface area contributed by atoms with Crippen molar-refractivity contribution in [2.45, 2.75) is 32.7 Å². The van der Waals surface area contributed by atoms with E-state index in [1.807, 2.05) is 13.8 Å². The third kappa shape index (κ3) is 2.72. The number of nitrogens with one attached hydrogen (secondary N) is 1. The Bertz CT molecular complexity index is 326. The van der Waals surface area contributed by atoms with E-state index in [0.717, 1.165) is 26.2 Å². The number of carbonyl (C=O) groups excluding carboxylic acids is 2. The van der Waals surface area contributed by atoms with E-state index in [2.05, 4.69) is 5.32 Å². The van der Waals surface area contributed by atoms with Crippen molar-refractivity contribution in [1.82, 2.24) is 10.2 Å². The number of imide groups is 1. The van der Waals surface area contributed by atoms with Crippen molar-refractivity contribution in [1.29, 1.82) is 0 Å². The van der Waals surface area contributed by atoms with Crippen LogP contribution in [0.25, 0.3) is 0 Å². The zero-order chi connectivity index (χ0) is 13.1. The Kier molecular flexibility index (Phi) is 4.35. The quantitative estimate of drug-likeness (QED) is 0.721. The highest BCUT2D eigenvalue weighted by molar-refractivity contribution is 6.03. The van der Waals surface area contributed by atoms with Crippen molar-refractivity contribution in [2.24, 2.45) is 11.8 Å². The summed E-state index contributed by atoms with van der Waals surface area (Å²) in [4.78, 5) is 25.1. The van der Waals surface area contributed by atoms with Gasteiger partial charge in [-0.05, 0) is 13.0 Å². The molecule has 18 heavy (non-hydrogen) atoms. The number of carbonyl (C=O) groups is 2. The summed E-state index contributed by atoms with van der Waals surface area (Å²) in [6, 6.07) is 0.163. The van der Waals surface area contributed by atoms with Crippen LogP contribution < -0.4 is 5.32 Å². The average molecular weight is 254 g/mol. The minimum atomic E-state index is -0.153. The molecule has 0 aromatic rings. The zero-order valence-corrected chi connectivity index (χ0v) is 11.1. The van der Waals surface area contributed by atoms with Gasteiger partial charge in [0.05, 0.1) is 6.61 Å². The predicted molar refractivity (Wildman–Crippen MR) is 66.9 cm³/mol. The van der Waals surface area contributed by atoms with Crippen LogP contribution in [0.5, 0.6) is 0 Å². The van der Waals surface area contributed by atoms with Crippen LogP contribution in [-0.2, 0) is 14.3 Å². The molecule has 5 heteroatoms. The van der Waals surface area contributed by atoms with E-state index < -0.39 is 0 Å². The van der Waals surface area contributed by atoms with Gasteiger partial charge in [0, 0.05) is 37.5 Å². The molecule has 0 aromatic heterocycles. The molecule has 0 bridgehead atoms. The molecule has 5 nitrogen and oxygen atoms in total. The summed E-state index contributed by atoms with van der Waals surface area (Å²) < 4.78 is 5.40. The summed E-state index contributed by atoms with van der Waals surface area (Å²) in [6.45, 7) is 6.70. The Hall–Kier alpha value is -0.940. The van der Waals surface area contributed by atoms with Gasteiger partial charge in [-0.25, -0.2) is 0 Å². The second-order valence-corrected chi connectivity index (χ2v) is 5.24. The first-order chi connectivity index (χ1) is 8.63. The standard InChI is InChI=1S/C13H22N2O3/c1-3-14-11(10-4-5-18-8-10)7-15-12(16)6-9(2)13(15)17/h9-11,14H,3-8H2,1-2H3. The molecule has 102 valence electrons. The fraction of sp³-hybridized carbons (Fsp3) is 0.846. The molecule has 0 spiro atoms. The van der Waals surface area contributed by atoms with Crippen LogP contribution in [0.3, 0.4) is 0 Å². The first kappa shape index (κ1) is 13.5. The van der Waals surface area contributed by atoms with E-state index in [1.165, 1.54) is 4.90 Å². The number of rotatable bonds is 5. The maximum Gasteiger partial charge on any atom is 0.232 e. The Balaban J connectivity index is 1.99. The Morgan fingerprint density at radius 2 is 2.28 bits per heavy atom. The molecular formula is C13H22N2O3. The van der Waals surface area contributed by atoms with Gasteiger partial charge in [0.15, 0.2) is 0 Å². The lowest BCUT2D eigenvalue weighted by Crippen LogP contribution is -2.47. The van der Waals surface area contributed by atoms with Gasteiger partial charge in [-0.3, -0.25) is 14.5 Å². The van der Waals surface area contributed by atoms with E-state index in [4.69, 9.17) is 4.74 Å². The van der Waals surface area contributed by atoms with E-state index in [-0.39, 0.29) is 23.8 Å². The first-order valence-corrected chi connectivity index (χ1v) is 6.78. The molecule has 0 aliphatic carbocycles. The van der Waals surface area contributed by atoms with Crippen LogP contribution in [0.15, 0.2) is 0 Å². The van der Waals surface area contributed by atoms with Crippen molar-refractivity contribution < 1.29 is 14.3 Å². The molecule has 3 unspecified atom stereocenters. The van der Waals surface area contributed by atoms with E-state index in [1.54, 1.807) is 0 Å². The molecule has 2 rings (SSSR count). The number of hydrogen-bond acceptors (Lipinski definition) is 4. The SMILES string of the molecule is CCNC(CN1C(=O)CC(C)C1=O)C1CCOC1. The van der Waals surface area contributed by atoms with Crippen molar-refractivity contribution in [2.75, 3.05) is 26.3 Å². The zero-order valence-electron chi connectivity index (χ0n) is 11.1. The number of ether oxygens (including phenoxy) is 1. The van der Waals surface area contributed by atoms with Gasteiger partial charge in [0.25, 0.3) is 0 Å². The Morgan fingerprint density at radius 1 is 1.50 bits per heavy atom. The van der Waals surface area contributed by atoms with Gasteiger partial charge in [0.2, 0.25) is 11.8 Å². The highest BCUT2D eigenvalue weighted by Gasteiger charge is 2.38. The lowest BCUT2D eigenvalue weighted by atomic mass is 9.98. The highest BCUT2D eigenvalue weighted by atomic mass is 16.5. The van der Waals surface area contributed by atoms with Gasteiger partial charge >= 0.3 is 0 Å². The van der Waals surface area contributed by atoms with Crippen LogP contribution in [0, 0.1) is 11.8 Å². The first-order valence-electron chi connectivity index (χ1n) is 6.78. The maximum absolute atomic E-state index is 11.9. The average Bonchev–Trinajstić information content (AvgIpc) is 2.93. The maximum atomic E-state index is 11.9. The smallest absolute Gasteiger partial charge is 0.232 e. The molecule has 0 saturated carbocycles. The molecule has 2 saturated heterocycles.